The van der Waals surface area contributed by atoms with Gasteiger partial charge in [-0.2, -0.15) is 0 Å². The van der Waals surface area contributed by atoms with Crippen LogP contribution in [0.1, 0.15) is 35.2 Å². The van der Waals surface area contributed by atoms with E-state index in [1.165, 1.54) is 0 Å². The van der Waals surface area contributed by atoms with Crippen LogP contribution in [0.4, 0.5) is 0 Å². The first-order chi connectivity index (χ1) is 15.2. The molecule has 1 aromatic heterocycles. The highest BCUT2D eigenvalue weighted by Gasteiger charge is 2.37. The SMILES string of the molecule is O=C(c1ccc(Cn2cnnn2)cc1)N1CCCC(CO)(CCOc2ccccc2)C1. The van der Waals surface area contributed by atoms with Crippen molar-refractivity contribution in [3.63, 3.8) is 0 Å². The van der Waals surface area contributed by atoms with Crippen LogP contribution in [0.25, 0.3) is 0 Å². The van der Waals surface area contributed by atoms with Gasteiger partial charge >= 0.3 is 0 Å². The normalized spacial score (nSPS) is 18.7. The molecule has 4 rings (SSSR count). The van der Waals surface area contributed by atoms with Crippen molar-refractivity contribution in [2.45, 2.75) is 25.8 Å². The molecule has 1 aliphatic rings. The number of rotatable bonds is 8. The highest BCUT2D eigenvalue weighted by molar-refractivity contribution is 5.94. The molecule has 1 atom stereocenters. The zero-order valence-corrected chi connectivity index (χ0v) is 17.4. The fraction of sp³-hybridized carbons (Fsp3) is 0.391. The number of amides is 1. The van der Waals surface area contributed by atoms with Crippen molar-refractivity contribution < 1.29 is 14.6 Å². The number of tetrazole rings is 1. The van der Waals surface area contributed by atoms with Crippen molar-refractivity contribution in [1.29, 1.82) is 0 Å². The molecule has 1 saturated heterocycles. The lowest BCUT2D eigenvalue weighted by Gasteiger charge is -2.42. The van der Waals surface area contributed by atoms with E-state index in [4.69, 9.17) is 4.74 Å². The summed E-state index contributed by atoms with van der Waals surface area (Å²) in [5.41, 5.74) is 1.34. The molecule has 8 nitrogen and oxygen atoms in total. The maximum atomic E-state index is 13.1. The van der Waals surface area contributed by atoms with Gasteiger partial charge in [-0.05, 0) is 59.5 Å². The lowest BCUT2D eigenvalue weighted by atomic mass is 9.78. The molecule has 3 aromatic rings. The fourth-order valence-corrected chi connectivity index (χ4v) is 4.07. The van der Waals surface area contributed by atoms with Gasteiger partial charge in [-0.3, -0.25) is 4.79 Å². The van der Waals surface area contributed by atoms with Crippen LogP contribution < -0.4 is 4.74 Å². The van der Waals surface area contributed by atoms with Crippen molar-refractivity contribution in [3.05, 3.63) is 72.1 Å². The lowest BCUT2D eigenvalue weighted by molar-refractivity contribution is 0.0156. The van der Waals surface area contributed by atoms with E-state index in [1.807, 2.05) is 59.5 Å². The molecule has 2 heterocycles. The molecule has 8 heteroatoms. The first-order valence-corrected chi connectivity index (χ1v) is 10.6. The van der Waals surface area contributed by atoms with Crippen LogP contribution >= 0.6 is 0 Å². The highest BCUT2D eigenvalue weighted by atomic mass is 16.5. The van der Waals surface area contributed by atoms with Crippen LogP contribution in [0.5, 0.6) is 5.75 Å². The van der Waals surface area contributed by atoms with E-state index in [2.05, 4.69) is 15.5 Å². The number of hydrogen-bond acceptors (Lipinski definition) is 6. The van der Waals surface area contributed by atoms with Crippen LogP contribution in [-0.4, -0.2) is 62.4 Å². The summed E-state index contributed by atoms with van der Waals surface area (Å²) >= 11 is 0. The number of aromatic nitrogens is 4. The summed E-state index contributed by atoms with van der Waals surface area (Å²) in [5.74, 6) is 0.816. The van der Waals surface area contributed by atoms with Gasteiger partial charge in [0.1, 0.15) is 12.1 Å². The van der Waals surface area contributed by atoms with Crippen LogP contribution in [-0.2, 0) is 6.54 Å². The van der Waals surface area contributed by atoms with Gasteiger partial charge in [0.15, 0.2) is 0 Å². The summed E-state index contributed by atoms with van der Waals surface area (Å²) < 4.78 is 7.48. The second kappa shape index (κ2) is 9.70. The van der Waals surface area contributed by atoms with Crippen LogP contribution in [0, 0.1) is 5.41 Å². The van der Waals surface area contributed by atoms with Gasteiger partial charge in [-0.25, -0.2) is 4.68 Å². The monoisotopic (exact) mass is 421 g/mol. The smallest absolute Gasteiger partial charge is 0.253 e. The second-order valence-electron chi connectivity index (χ2n) is 8.10. The van der Waals surface area contributed by atoms with Gasteiger partial charge in [0.05, 0.1) is 19.8 Å². The molecule has 0 bridgehead atoms. The van der Waals surface area contributed by atoms with E-state index < -0.39 is 0 Å². The molecule has 1 fully saturated rings. The minimum Gasteiger partial charge on any atom is -0.494 e. The number of aliphatic hydroxyl groups is 1. The van der Waals surface area contributed by atoms with E-state index >= 15 is 0 Å². The number of benzene rings is 2. The summed E-state index contributed by atoms with van der Waals surface area (Å²) in [6.45, 7) is 2.35. The Bertz CT molecular complexity index is 963. The summed E-state index contributed by atoms with van der Waals surface area (Å²) in [4.78, 5) is 15.0. The lowest BCUT2D eigenvalue weighted by Crippen LogP contribution is -2.48. The number of aliphatic hydroxyl groups excluding tert-OH is 1. The standard InChI is InChI=1S/C23H27N5O3/c29-17-23(12-14-31-21-5-2-1-3-6-21)11-4-13-27(16-23)22(30)20-9-7-19(8-10-20)15-28-18-24-25-26-28/h1-3,5-10,18,29H,4,11-17H2. The van der Waals surface area contributed by atoms with E-state index in [0.29, 0.717) is 38.2 Å². The van der Waals surface area contributed by atoms with E-state index in [0.717, 1.165) is 24.2 Å². The Morgan fingerprint density at radius 2 is 1.94 bits per heavy atom. The van der Waals surface area contributed by atoms with Crippen LogP contribution in [0.3, 0.4) is 0 Å². The van der Waals surface area contributed by atoms with Crippen molar-refractivity contribution >= 4 is 5.91 Å². The van der Waals surface area contributed by atoms with Crippen LogP contribution in [0.15, 0.2) is 60.9 Å². The van der Waals surface area contributed by atoms with Gasteiger partial charge in [0.2, 0.25) is 0 Å². The third-order valence-electron chi connectivity index (χ3n) is 5.87. The number of ether oxygens (including phenoxy) is 1. The molecule has 0 radical (unpaired) electrons. The molecule has 1 aliphatic heterocycles. The largest absolute Gasteiger partial charge is 0.494 e. The molecule has 0 saturated carbocycles. The summed E-state index contributed by atoms with van der Waals surface area (Å²) in [7, 11) is 0. The van der Waals surface area contributed by atoms with E-state index in [1.54, 1.807) is 11.0 Å². The zero-order chi connectivity index (χ0) is 21.5. The minimum absolute atomic E-state index is 0.00419. The quantitative estimate of drug-likeness (QED) is 0.600. The Kier molecular flexibility index (Phi) is 6.57. The average Bonchev–Trinajstić information content (AvgIpc) is 3.33. The first kappa shape index (κ1) is 21.0. The van der Waals surface area contributed by atoms with Crippen molar-refractivity contribution in [2.24, 2.45) is 5.41 Å². The third-order valence-corrected chi connectivity index (χ3v) is 5.87. The number of likely N-dealkylation sites (tertiary alicyclic amines) is 1. The molecule has 0 spiro atoms. The van der Waals surface area contributed by atoms with Crippen LogP contribution in [0.2, 0.25) is 0 Å². The summed E-state index contributed by atoms with van der Waals surface area (Å²) in [6, 6.07) is 17.2. The number of carbonyl (C=O) groups is 1. The Labute approximate surface area is 181 Å². The topological polar surface area (TPSA) is 93.4 Å². The van der Waals surface area contributed by atoms with Crippen molar-refractivity contribution in [3.8, 4) is 5.75 Å². The number of carbonyl (C=O) groups excluding carboxylic acids is 1. The molecule has 0 aliphatic carbocycles. The average molecular weight is 422 g/mol. The third kappa shape index (κ3) is 5.27. The second-order valence-corrected chi connectivity index (χ2v) is 8.10. The minimum atomic E-state index is -0.331. The maximum absolute atomic E-state index is 13.1. The predicted octanol–water partition coefficient (Wildman–Crippen LogP) is 2.41. The van der Waals surface area contributed by atoms with E-state index in [9.17, 15) is 9.90 Å². The molecule has 162 valence electrons. The molecular weight excluding hydrogens is 394 g/mol. The van der Waals surface area contributed by atoms with Gasteiger partial charge in [0, 0.05) is 24.1 Å². The Morgan fingerprint density at radius 3 is 2.65 bits per heavy atom. The molecule has 31 heavy (non-hydrogen) atoms. The molecule has 1 N–H and O–H groups in total. The Balaban J connectivity index is 1.36. The predicted molar refractivity (Wildman–Crippen MR) is 115 cm³/mol. The molecule has 2 aromatic carbocycles. The summed E-state index contributed by atoms with van der Waals surface area (Å²) in [5, 5.41) is 21.3. The molecular formula is C23H27N5O3. The number of piperidine rings is 1. The van der Waals surface area contributed by atoms with Gasteiger partial charge < -0.3 is 14.7 Å². The highest BCUT2D eigenvalue weighted by Crippen LogP contribution is 2.34. The van der Waals surface area contributed by atoms with Gasteiger partial charge in [-0.15, -0.1) is 5.10 Å². The number of para-hydroxylation sites is 1. The number of nitrogens with zero attached hydrogens (tertiary/aromatic N) is 5. The van der Waals surface area contributed by atoms with E-state index in [-0.39, 0.29) is 17.9 Å². The first-order valence-electron chi connectivity index (χ1n) is 10.6. The fourth-order valence-electron chi connectivity index (χ4n) is 4.07. The summed E-state index contributed by atoms with van der Waals surface area (Å²) in [6.07, 6.45) is 4.02. The Morgan fingerprint density at radius 1 is 1.13 bits per heavy atom. The number of hydrogen-bond donors (Lipinski definition) is 1. The maximum Gasteiger partial charge on any atom is 0.253 e. The van der Waals surface area contributed by atoms with Gasteiger partial charge in [0.25, 0.3) is 5.91 Å². The zero-order valence-electron chi connectivity index (χ0n) is 17.4. The molecule has 1 unspecified atom stereocenters. The van der Waals surface area contributed by atoms with Gasteiger partial charge in [-0.1, -0.05) is 30.3 Å². The molecule has 1 amide bonds. The van der Waals surface area contributed by atoms with Crippen molar-refractivity contribution in [1.82, 2.24) is 25.1 Å². The van der Waals surface area contributed by atoms with Crippen molar-refractivity contribution in [2.75, 3.05) is 26.3 Å². The Hall–Kier alpha value is -3.26.